The Morgan fingerprint density at radius 3 is 2.75 bits per heavy atom. The molecule has 0 atom stereocenters. The summed E-state index contributed by atoms with van der Waals surface area (Å²) in [6, 6.07) is 2.32. The van der Waals surface area contributed by atoms with E-state index in [1.54, 1.807) is 6.92 Å². The van der Waals surface area contributed by atoms with Crippen molar-refractivity contribution in [2.75, 3.05) is 13.1 Å². The SMILES string of the molecule is CCN(CC(=O)O)C(=O)c1ccnc(F)c1. The third kappa shape index (κ3) is 3.01. The number of likely N-dealkylation sites (N-methyl/N-ethyl adjacent to an activating group) is 1. The lowest BCUT2D eigenvalue weighted by Crippen LogP contribution is -2.35. The van der Waals surface area contributed by atoms with E-state index < -0.39 is 24.4 Å². The molecule has 1 heterocycles. The predicted octanol–water partition coefficient (Wildman–Crippen LogP) is 0.767. The summed E-state index contributed by atoms with van der Waals surface area (Å²) in [5.41, 5.74) is 0.0931. The lowest BCUT2D eigenvalue weighted by atomic mass is 10.2. The first-order valence-electron chi connectivity index (χ1n) is 4.67. The number of halogens is 1. The van der Waals surface area contributed by atoms with Crippen molar-refractivity contribution in [1.29, 1.82) is 0 Å². The van der Waals surface area contributed by atoms with Gasteiger partial charge in [-0.25, -0.2) is 4.98 Å². The molecule has 0 aliphatic rings. The largest absolute Gasteiger partial charge is 0.480 e. The second-order valence-corrected chi connectivity index (χ2v) is 3.08. The molecule has 0 saturated heterocycles. The van der Waals surface area contributed by atoms with Crippen molar-refractivity contribution in [3.63, 3.8) is 0 Å². The maximum atomic E-state index is 12.8. The maximum Gasteiger partial charge on any atom is 0.323 e. The smallest absolute Gasteiger partial charge is 0.323 e. The average Bonchev–Trinajstić information content (AvgIpc) is 2.24. The number of nitrogens with zero attached hydrogens (tertiary/aromatic N) is 2. The fourth-order valence-corrected chi connectivity index (χ4v) is 1.21. The van der Waals surface area contributed by atoms with Crippen LogP contribution in [0.2, 0.25) is 0 Å². The van der Waals surface area contributed by atoms with Crippen molar-refractivity contribution in [1.82, 2.24) is 9.88 Å². The molecular formula is C10H11FN2O3. The summed E-state index contributed by atoms with van der Waals surface area (Å²) in [5.74, 6) is -2.40. The molecule has 0 radical (unpaired) electrons. The van der Waals surface area contributed by atoms with Gasteiger partial charge in [0.2, 0.25) is 5.95 Å². The van der Waals surface area contributed by atoms with Crippen LogP contribution in [-0.2, 0) is 4.79 Å². The highest BCUT2D eigenvalue weighted by Gasteiger charge is 2.17. The van der Waals surface area contributed by atoms with Gasteiger partial charge in [-0.05, 0) is 13.0 Å². The summed E-state index contributed by atoms with van der Waals surface area (Å²) in [6.07, 6.45) is 1.16. The molecule has 0 spiro atoms. The van der Waals surface area contributed by atoms with Crippen LogP contribution in [0.3, 0.4) is 0 Å². The number of amides is 1. The lowest BCUT2D eigenvalue weighted by Gasteiger charge is -2.18. The minimum atomic E-state index is -1.11. The molecule has 1 rings (SSSR count). The van der Waals surface area contributed by atoms with Gasteiger partial charge in [-0.2, -0.15) is 4.39 Å². The highest BCUT2D eigenvalue weighted by Crippen LogP contribution is 2.05. The van der Waals surface area contributed by atoms with E-state index >= 15 is 0 Å². The minimum absolute atomic E-state index is 0.0931. The Bertz CT molecular complexity index is 409. The number of carbonyl (C=O) groups excluding carboxylic acids is 1. The molecule has 1 amide bonds. The standard InChI is InChI=1S/C10H11FN2O3/c1-2-13(6-9(14)15)10(16)7-3-4-12-8(11)5-7/h3-5H,2,6H2,1H3,(H,14,15). The Hall–Kier alpha value is -1.98. The second-order valence-electron chi connectivity index (χ2n) is 3.08. The molecule has 0 unspecified atom stereocenters. The molecule has 6 heteroatoms. The molecule has 0 aliphatic carbocycles. The van der Waals surface area contributed by atoms with E-state index in [-0.39, 0.29) is 12.1 Å². The van der Waals surface area contributed by atoms with Crippen LogP contribution in [0.15, 0.2) is 18.3 Å². The summed E-state index contributed by atoms with van der Waals surface area (Å²) >= 11 is 0. The Morgan fingerprint density at radius 1 is 1.56 bits per heavy atom. The summed E-state index contributed by atoms with van der Waals surface area (Å²) < 4.78 is 12.8. The highest BCUT2D eigenvalue weighted by atomic mass is 19.1. The van der Waals surface area contributed by atoms with Gasteiger partial charge in [-0.1, -0.05) is 0 Å². The summed E-state index contributed by atoms with van der Waals surface area (Å²) in [5, 5.41) is 8.59. The summed E-state index contributed by atoms with van der Waals surface area (Å²) in [6.45, 7) is 1.49. The molecular weight excluding hydrogens is 215 g/mol. The first kappa shape index (κ1) is 12.1. The number of hydrogen-bond acceptors (Lipinski definition) is 3. The van der Waals surface area contributed by atoms with Gasteiger partial charge in [0.25, 0.3) is 5.91 Å². The van der Waals surface area contributed by atoms with Crippen LogP contribution in [0.25, 0.3) is 0 Å². The highest BCUT2D eigenvalue weighted by molar-refractivity contribution is 5.95. The fourth-order valence-electron chi connectivity index (χ4n) is 1.21. The van der Waals surface area contributed by atoms with E-state index in [2.05, 4.69) is 4.98 Å². The van der Waals surface area contributed by atoms with Gasteiger partial charge in [0.1, 0.15) is 6.54 Å². The first-order chi connectivity index (χ1) is 7.54. The molecule has 1 aromatic rings. The van der Waals surface area contributed by atoms with Crippen molar-refractivity contribution in [3.8, 4) is 0 Å². The van der Waals surface area contributed by atoms with Gasteiger partial charge in [-0.15, -0.1) is 0 Å². The molecule has 0 fully saturated rings. The molecule has 0 aromatic carbocycles. The first-order valence-corrected chi connectivity index (χ1v) is 4.67. The van der Waals surface area contributed by atoms with Gasteiger partial charge < -0.3 is 10.0 Å². The van der Waals surface area contributed by atoms with Crippen molar-refractivity contribution in [3.05, 3.63) is 29.8 Å². The molecule has 0 aliphatic heterocycles. The number of aromatic nitrogens is 1. The van der Waals surface area contributed by atoms with Crippen LogP contribution >= 0.6 is 0 Å². The van der Waals surface area contributed by atoms with Crippen molar-refractivity contribution < 1.29 is 19.1 Å². The maximum absolute atomic E-state index is 12.8. The molecule has 86 valence electrons. The van der Waals surface area contributed by atoms with Crippen LogP contribution in [0.1, 0.15) is 17.3 Å². The van der Waals surface area contributed by atoms with E-state index in [0.717, 1.165) is 17.2 Å². The van der Waals surface area contributed by atoms with Gasteiger partial charge in [0.05, 0.1) is 0 Å². The Kier molecular flexibility index (Phi) is 3.93. The minimum Gasteiger partial charge on any atom is -0.480 e. The van der Waals surface area contributed by atoms with Crippen LogP contribution in [0.5, 0.6) is 0 Å². The van der Waals surface area contributed by atoms with E-state index in [1.807, 2.05) is 0 Å². The molecule has 1 aromatic heterocycles. The third-order valence-electron chi connectivity index (χ3n) is 1.97. The van der Waals surface area contributed by atoms with Crippen molar-refractivity contribution in [2.45, 2.75) is 6.92 Å². The zero-order chi connectivity index (χ0) is 12.1. The Balaban J connectivity index is 2.86. The zero-order valence-electron chi connectivity index (χ0n) is 8.68. The monoisotopic (exact) mass is 226 g/mol. The van der Waals surface area contributed by atoms with Crippen LogP contribution < -0.4 is 0 Å². The van der Waals surface area contributed by atoms with Gasteiger partial charge >= 0.3 is 5.97 Å². The molecule has 16 heavy (non-hydrogen) atoms. The van der Waals surface area contributed by atoms with Crippen molar-refractivity contribution in [2.24, 2.45) is 0 Å². The Labute approximate surface area is 91.5 Å². The number of aliphatic carboxylic acids is 1. The number of pyridine rings is 1. The zero-order valence-corrected chi connectivity index (χ0v) is 8.68. The topological polar surface area (TPSA) is 70.5 Å². The molecule has 5 nitrogen and oxygen atoms in total. The number of rotatable bonds is 4. The number of carboxylic acid groups (broad SMARTS) is 1. The number of carbonyl (C=O) groups is 2. The van der Waals surface area contributed by atoms with Crippen LogP contribution in [0, 0.1) is 5.95 Å². The second kappa shape index (κ2) is 5.20. The van der Waals surface area contributed by atoms with Crippen LogP contribution in [0.4, 0.5) is 4.39 Å². The normalized spacial score (nSPS) is 9.88. The third-order valence-corrected chi connectivity index (χ3v) is 1.97. The summed E-state index contributed by atoms with van der Waals surface area (Å²) in [4.78, 5) is 26.6. The van der Waals surface area contributed by atoms with Crippen molar-refractivity contribution >= 4 is 11.9 Å². The molecule has 1 N–H and O–H groups in total. The fraction of sp³-hybridized carbons (Fsp3) is 0.300. The Morgan fingerprint density at radius 2 is 2.25 bits per heavy atom. The predicted molar refractivity (Wildman–Crippen MR) is 53.4 cm³/mol. The van der Waals surface area contributed by atoms with E-state index in [9.17, 15) is 14.0 Å². The quantitative estimate of drug-likeness (QED) is 0.770. The molecule has 0 saturated carbocycles. The van der Waals surface area contributed by atoms with E-state index in [0.29, 0.717) is 0 Å². The number of carboxylic acids is 1. The lowest BCUT2D eigenvalue weighted by molar-refractivity contribution is -0.137. The van der Waals surface area contributed by atoms with E-state index in [1.165, 1.54) is 6.07 Å². The van der Waals surface area contributed by atoms with Crippen LogP contribution in [-0.4, -0.2) is 40.0 Å². The number of hydrogen-bond donors (Lipinski definition) is 1. The van der Waals surface area contributed by atoms with Gasteiger partial charge in [0, 0.05) is 24.4 Å². The van der Waals surface area contributed by atoms with Gasteiger partial charge in [0.15, 0.2) is 0 Å². The average molecular weight is 226 g/mol. The molecule has 0 bridgehead atoms. The summed E-state index contributed by atoms with van der Waals surface area (Å²) in [7, 11) is 0. The van der Waals surface area contributed by atoms with Gasteiger partial charge in [-0.3, -0.25) is 9.59 Å². The van der Waals surface area contributed by atoms with E-state index in [4.69, 9.17) is 5.11 Å².